The van der Waals surface area contributed by atoms with Crippen molar-refractivity contribution in [1.82, 2.24) is 10.6 Å². The monoisotopic (exact) mass is 278 g/mol. The Bertz CT molecular complexity index is 473. The first-order chi connectivity index (χ1) is 9.49. The van der Waals surface area contributed by atoms with Crippen LogP contribution in [0.2, 0.25) is 0 Å². The SMILES string of the molecule is CC(=O)NCCC(=O)N[C@H](Cc1ccccc1)C(=O)O. The van der Waals surface area contributed by atoms with Crippen molar-refractivity contribution in [3.8, 4) is 0 Å². The molecule has 0 saturated heterocycles. The lowest BCUT2D eigenvalue weighted by atomic mass is 10.1. The highest BCUT2D eigenvalue weighted by Gasteiger charge is 2.19. The molecule has 0 aliphatic carbocycles. The van der Waals surface area contributed by atoms with Crippen LogP contribution in [-0.2, 0) is 20.8 Å². The molecule has 1 aromatic rings. The summed E-state index contributed by atoms with van der Waals surface area (Å²) in [6.07, 6.45) is 0.278. The maximum Gasteiger partial charge on any atom is 0.326 e. The third kappa shape index (κ3) is 5.99. The van der Waals surface area contributed by atoms with Crippen LogP contribution in [-0.4, -0.2) is 35.5 Å². The maximum atomic E-state index is 11.6. The number of hydrogen-bond donors (Lipinski definition) is 3. The number of rotatable bonds is 7. The van der Waals surface area contributed by atoms with Gasteiger partial charge in [0.1, 0.15) is 6.04 Å². The Balaban J connectivity index is 2.49. The second-order valence-corrected chi connectivity index (χ2v) is 4.38. The van der Waals surface area contributed by atoms with Crippen LogP contribution in [0.5, 0.6) is 0 Å². The Kier molecular flexibility index (Phi) is 6.22. The first-order valence-electron chi connectivity index (χ1n) is 6.29. The molecule has 0 aliphatic heterocycles. The highest BCUT2D eigenvalue weighted by molar-refractivity contribution is 5.84. The third-order valence-corrected chi connectivity index (χ3v) is 2.64. The van der Waals surface area contributed by atoms with Gasteiger partial charge in [0.25, 0.3) is 0 Å². The van der Waals surface area contributed by atoms with E-state index in [0.29, 0.717) is 0 Å². The van der Waals surface area contributed by atoms with Gasteiger partial charge in [0.05, 0.1) is 0 Å². The maximum absolute atomic E-state index is 11.6. The van der Waals surface area contributed by atoms with E-state index in [-0.39, 0.29) is 25.3 Å². The molecule has 3 N–H and O–H groups in total. The minimum Gasteiger partial charge on any atom is -0.480 e. The zero-order chi connectivity index (χ0) is 15.0. The fraction of sp³-hybridized carbons (Fsp3) is 0.357. The number of carboxylic acid groups (broad SMARTS) is 1. The number of aliphatic carboxylic acids is 1. The van der Waals surface area contributed by atoms with Crippen molar-refractivity contribution in [3.63, 3.8) is 0 Å². The number of benzene rings is 1. The van der Waals surface area contributed by atoms with E-state index < -0.39 is 17.9 Å². The van der Waals surface area contributed by atoms with Crippen LogP contribution in [0.25, 0.3) is 0 Å². The molecule has 0 aliphatic rings. The highest BCUT2D eigenvalue weighted by Crippen LogP contribution is 2.03. The number of carbonyl (C=O) groups is 3. The second kappa shape index (κ2) is 7.93. The van der Waals surface area contributed by atoms with Gasteiger partial charge in [0.15, 0.2) is 0 Å². The summed E-state index contributed by atoms with van der Waals surface area (Å²) in [5.74, 6) is -1.71. The van der Waals surface area contributed by atoms with Gasteiger partial charge in [-0.05, 0) is 5.56 Å². The molecule has 0 spiro atoms. The van der Waals surface area contributed by atoms with E-state index in [4.69, 9.17) is 5.11 Å². The average molecular weight is 278 g/mol. The van der Waals surface area contributed by atoms with E-state index in [1.165, 1.54) is 6.92 Å². The summed E-state index contributed by atoms with van der Waals surface area (Å²) in [5.41, 5.74) is 0.835. The van der Waals surface area contributed by atoms with E-state index in [0.717, 1.165) is 5.56 Å². The normalized spacial score (nSPS) is 11.4. The van der Waals surface area contributed by atoms with Crippen LogP contribution in [0.15, 0.2) is 30.3 Å². The lowest BCUT2D eigenvalue weighted by molar-refractivity contribution is -0.141. The van der Waals surface area contributed by atoms with Crippen molar-refractivity contribution >= 4 is 17.8 Å². The fourth-order valence-electron chi connectivity index (χ4n) is 1.67. The Morgan fingerprint density at radius 1 is 1.20 bits per heavy atom. The van der Waals surface area contributed by atoms with Gasteiger partial charge in [-0.1, -0.05) is 30.3 Å². The van der Waals surface area contributed by atoms with Gasteiger partial charge in [0, 0.05) is 26.3 Å². The van der Waals surface area contributed by atoms with Crippen molar-refractivity contribution in [3.05, 3.63) is 35.9 Å². The van der Waals surface area contributed by atoms with Crippen molar-refractivity contribution in [2.24, 2.45) is 0 Å². The minimum atomic E-state index is -1.08. The van der Waals surface area contributed by atoms with Crippen LogP contribution in [0, 0.1) is 0 Å². The number of hydrogen-bond acceptors (Lipinski definition) is 3. The molecule has 0 saturated carbocycles. The molecule has 1 aromatic carbocycles. The topological polar surface area (TPSA) is 95.5 Å². The van der Waals surface area contributed by atoms with Gasteiger partial charge < -0.3 is 15.7 Å². The molecule has 1 atom stereocenters. The van der Waals surface area contributed by atoms with E-state index in [2.05, 4.69) is 10.6 Å². The molecule has 6 heteroatoms. The zero-order valence-electron chi connectivity index (χ0n) is 11.3. The van der Waals surface area contributed by atoms with Crippen LogP contribution in [0.4, 0.5) is 0 Å². The molecule has 0 fully saturated rings. The fourth-order valence-corrected chi connectivity index (χ4v) is 1.67. The summed E-state index contributed by atoms with van der Waals surface area (Å²) in [6.45, 7) is 1.55. The van der Waals surface area contributed by atoms with E-state index in [1.54, 1.807) is 12.1 Å². The molecule has 6 nitrogen and oxygen atoms in total. The molecular formula is C14H18N2O4. The first-order valence-corrected chi connectivity index (χ1v) is 6.29. The molecule has 0 radical (unpaired) electrons. The second-order valence-electron chi connectivity index (χ2n) is 4.38. The van der Waals surface area contributed by atoms with Crippen molar-refractivity contribution in [2.45, 2.75) is 25.8 Å². The van der Waals surface area contributed by atoms with Gasteiger partial charge in [-0.25, -0.2) is 4.79 Å². The molecule has 0 heterocycles. The standard InChI is InChI=1S/C14H18N2O4/c1-10(17)15-8-7-13(18)16-12(14(19)20)9-11-5-3-2-4-6-11/h2-6,12H,7-9H2,1H3,(H,15,17)(H,16,18)(H,19,20)/t12-/m1/s1. The number of nitrogens with one attached hydrogen (secondary N) is 2. The zero-order valence-corrected chi connectivity index (χ0v) is 11.3. The van der Waals surface area contributed by atoms with Gasteiger partial charge in [0.2, 0.25) is 11.8 Å². The highest BCUT2D eigenvalue weighted by atomic mass is 16.4. The molecule has 108 valence electrons. The molecule has 0 bridgehead atoms. The van der Waals surface area contributed by atoms with E-state index in [1.807, 2.05) is 18.2 Å². The van der Waals surface area contributed by atoms with Crippen LogP contribution < -0.4 is 10.6 Å². The van der Waals surface area contributed by atoms with Crippen LogP contribution in [0.1, 0.15) is 18.9 Å². The van der Waals surface area contributed by atoms with Crippen LogP contribution in [0.3, 0.4) is 0 Å². The number of amides is 2. The predicted molar refractivity (Wildman–Crippen MR) is 73.0 cm³/mol. The lowest BCUT2D eigenvalue weighted by Gasteiger charge is -2.14. The summed E-state index contributed by atoms with van der Waals surface area (Å²) in [5, 5.41) is 14.0. The molecule has 0 aromatic heterocycles. The largest absolute Gasteiger partial charge is 0.480 e. The summed E-state index contributed by atoms with van der Waals surface area (Å²) in [4.78, 5) is 33.4. The van der Waals surface area contributed by atoms with Gasteiger partial charge in [-0.15, -0.1) is 0 Å². The summed E-state index contributed by atoms with van der Waals surface area (Å²) >= 11 is 0. The average Bonchev–Trinajstić information content (AvgIpc) is 2.38. The van der Waals surface area contributed by atoms with E-state index in [9.17, 15) is 14.4 Å². The third-order valence-electron chi connectivity index (χ3n) is 2.64. The van der Waals surface area contributed by atoms with Crippen molar-refractivity contribution in [2.75, 3.05) is 6.54 Å². The molecule has 1 rings (SSSR count). The van der Waals surface area contributed by atoms with Gasteiger partial charge in [-0.2, -0.15) is 0 Å². The smallest absolute Gasteiger partial charge is 0.326 e. The number of carbonyl (C=O) groups excluding carboxylic acids is 2. The Hall–Kier alpha value is -2.37. The summed E-state index contributed by atoms with van der Waals surface area (Å²) < 4.78 is 0. The summed E-state index contributed by atoms with van der Waals surface area (Å²) in [7, 11) is 0. The van der Waals surface area contributed by atoms with E-state index >= 15 is 0 Å². The molecular weight excluding hydrogens is 260 g/mol. The number of carboxylic acids is 1. The van der Waals surface area contributed by atoms with Crippen molar-refractivity contribution < 1.29 is 19.5 Å². The molecule has 20 heavy (non-hydrogen) atoms. The minimum absolute atomic E-state index is 0.0537. The first kappa shape index (κ1) is 15.7. The Labute approximate surface area is 117 Å². The van der Waals surface area contributed by atoms with Gasteiger partial charge >= 0.3 is 5.97 Å². The van der Waals surface area contributed by atoms with Crippen LogP contribution >= 0.6 is 0 Å². The Morgan fingerprint density at radius 2 is 1.85 bits per heavy atom. The Morgan fingerprint density at radius 3 is 2.40 bits per heavy atom. The lowest BCUT2D eigenvalue weighted by Crippen LogP contribution is -2.43. The quantitative estimate of drug-likeness (QED) is 0.669. The molecule has 2 amide bonds. The van der Waals surface area contributed by atoms with Crippen molar-refractivity contribution in [1.29, 1.82) is 0 Å². The predicted octanol–water partition coefficient (Wildman–Crippen LogP) is 0.325. The molecule has 0 unspecified atom stereocenters. The van der Waals surface area contributed by atoms with Gasteiger partial charge in [-0.3, -0.25) is 9.59 Å². The summed E-state index contributed by atoms with van der Waals surface area (Å²) in [6, 6.07) is 8.10.